The number of hydrogen-bond acceptors (Lipinski definition) is 3. The van der Waals surface area contributed by atoms with Crippen LogP contribution in [0, 0.1) is 6.92 Å². The molecule has 1 aliphatic rings. The van der Waals surface area contributed by atoms with Gasteiger partial charge in [-0.2, -0.15) is 0 Å². The summed E-state index contributed by atoms with van der Waals surface area (Å²) >= 11 is 0. The van der Waals surface area contributed by atoms with Crippen molar-refractivity contribution in [1.29, 1.82) is 0 Å². The third-order valence-corrected chi connectivity index (χ3v) is 7.19. The maximum Gasteiger partial charge on any atom is 0.240 e. The minimum Gasteiger partial charge on any atom is -0.376 e. The fraction of sp³-hybridized carbons (Fsp3) is 0.280. The van der Waals surface area contributed by atoms with Gasteiger partial charge in [0.25, 0.3) is 0 Å². The highest BCUT2D eigenvalue weighted by Gasteiger charge is 2.32. The van der Waals surface area contributed by atoms with Crippen molar-refractivity contribution in [2.45, 2.75) is 42.7 Å². The molecule has 3 aromatic rings. The highest BCUT2D eigenvalue weighted by molar-refractivity contribution is 7.89. The van der Waals surface area contributed by atoms with Crippen molar-refractivity contribution in [3.63, 3.8) is 0 Å². The van der Waals surface area contributed by atoms with Gasteiger partial charge in [0.2, 0.25) is 10.0 Å². The van der Waals surface area contributed by atoms with Gasteiger partial charge >= 0.3 is 0 Å². The van der Waals surface area contributed by atoms with Gasteiger partial charge in [-0.3, -0.25) is 0 Å². The van der Waals surface area contributed by atoms with Crippen LogP contribution >= 0.6 is 0 Å². The molecule has 4 nitrogen and oxygen atoms in total. The minimum absolute atomic E-state index is 0.00919. The second kappa shape index (κ2) is 9.13. The van der Waals surface area contributed by atoms with Crippen LogP contribution in [0.1, 0.15) is 35.4 Å². The molecule has 0 unspecified atom stereocenters. The highest BCUT2D eigenvalue weighted by atomic mass is 32.2. The van der Waals surface area contributed by atoms with Gasteiger partial charge in [0.1, 0.15) is 0 Å². The summed E-state index contributed by atoms with van der Waals surface area (Å²) in [5, 5.41) is 0. The minimum atomic E-state index is -3.55. The summed E-state index contributed by atoms with van der Waals surface area (Å²) in [6.07, 6.45) is 1.54. The Morgan fingerprint density at radius 3 is 1.90 bits per heavy atom. The number of hydrogen-bond donors (Lipinski definition) is 1. The Hall–Kier alpha value is -2.47. The van der Waals surface area contributed by atoms with E-state index in [0.29, 0.717) is 11.5 Å². The summed E-state index contributed by atoms with van der Waals surface area (Å²) in [5.41, 5.74) is 3.46. The zero-order valence-electron chi connectivity index (χ0n) is 17.1. The Labute approximate surface area is 179 Å². The molecule has 156 valence electrons. The predicted molar refractivity (Wildman–Crippen MR) is 119 cm³/mol. The third kappa shape index (κ3) is 4.81. The standard InChI is InChI=1S/C25H27NO3S/c1-19-12-15-23(16-13-19)30(27,28)26-22-14-17-24(29-18-22)25(20-8-4-2-5-9-20)21-10-6-3-7-11-21/h2-13,15-16,22,24-26H,14,17-18H2,1H3/t22-,24-/m0/s1. The van der Waals surface area contributed by atoms with Crippen molar-refractivity contribution in [3.05, 3.63) is 102 Å². The largest absolute Gasteiger partial charge is 0.376 e. The van der Waals surface area contributed by atoms with E-state index in [1.54, 1.807) is 12.1 Å². The van der Waals surface area contributed by atoms with Gasteiger partial charge in [-0.1, -0.05) is 78.4 Å². The SMILES string of the molecule is Cc1ccc(S(=O)(=O)N[C@H]2CC[C@@H](C(c3ccccc3)c3ccccc3)OC2)cc1. The van der Waals surface area contributed by atoms with Crippen LogP contribution in [-0.2, 0) is 14.8 Å². The smallest absolute Gasteiger partial charge is 0.240 e. The van der Waals surface area contributed by atoms with E-state index in [1.165, 1.54) is 11.1 Å². The average Bonchev–Trinajstić information content (AvgIpc) is 2.77. The maximum atomic E-state index is 12.7. The average molecular weight is 422 g/mol. The Bertz CT molecular complexity index is 1000. The van der Waals surface area contributed by atoms with Crippen LogP contribution < -0.4 is 4.72 Å². The van der Waals surface area contributed by atoms with E-state index in [4.69, 9.17) is 4.74 Å². The van der Waals surface area contributed by atoms with Gasteiger partial charge in [-0.15, -0.1) is 0 Å². The van der Waals surface area contributed by atoms with Gasteiger partial charge in [0.15, 0.2) is 0 Å². The molecule has 1 fully saturated rings. The molecule has 1 aliphatic heterocycles. The maximum absolute atomic E-state index is 12.7. The number of aryl methyl sites for hydroxylation is 1. The van der Waals surface area contributed by atoms with E-state index in [0.717, 1.165) is 18.4 Å². The van der Waals surface area contributed by atoms with Crippen LogP contribution in [0.2, 0.25) is 0 Å². The van der Waals surface area contributed by atoms with Crippen LogP contribution in [-0.4, -0.2) is 27.2 Å². The fourth-order valence-corrected chi connectivity index (χ4v) is 5.33. The number of rotatable bonds is 6. The lowest BCUT2D eigenvalue weighted by Crippen LogP contribution is -2.44. The summed E-state index contributed by atoms with van der Waals surface area (Å²) in [6.45, 7) is 2.31. The zero-order valence-corrected chi connectivity index (χ0v) is 17.9. The summed E-state index contributed by atoms with van der Waals surface area (Å²) in [7, 11) is -3.55. The topological polar surface area (TPSA) is 55.4 Å². The molecule has 30 heavy (non-hydrogen) atoms. The predicted octanol–water partition coefficient (Wildman–Crippen LogP) is 4.65. The first-order valence-electron chi connectivity index (χ1n) is 10.3. The van der Waals surface area contributed by atoms with Crippen LogP contribution in [0.15, 0.2) is 89.8 Å². The van der Waals surface area contributed by atoms with Crippen molar-refractivity contribution < 1.29 is 13.2 Å². The first kappa shape index (κ1) is 20.8. The molecular formula is C25H27NO3S. The molecule has 0 aliphatic carbocycles. The van der Waals surface area contributed by atoms with Gasteiger partial charge in [-0.25, -0.2) is 13.1 Å². The molecule has 1 saturated heterocycles. The van der Waals surface area contributed by atoms with Crippen LogP contribution in [0.5, 0.6) is 0 Å². The monoisotopic (exact) mass is 421 g/mol. The van der Waals surface area contributed by atoms with Crippen LogP contribution in [0.25, 0.3) is 0 Å². The highest BCUT2D eigenvalue weighted by Crippen LogP contribution is 2.34. The molecule has 0 saturated carbocycles. The van der Waals surface area contributed by atoms with Crippen molar-refractivity contribution in [3.8, 4) is 0 Å². The lowest BCUT2D eigenvalue weighted by molar-refractivity contribution is -0.00691. The second-order valence-electron chi connectivity index (χ2n) is 7.88. The lowest BCUT2D eigenvalue weighted by atomic mass is 9.83. The molecule has 0 radical (unpaired) electrons. The van der Waals surface area contributed by atoms with E-state index < -0.39 is 10.0 Å². The van der Waals surface area contributed by atoms with Gasteiger partial charge in [0, 0.05) is 12.0 Å². The molecule has 3 aromatic carbocycles. The number of ether oxygens (including phenoxy) is 1. The lowest BCUT2D eigenvalue weighted by Gasteiger charge is -2.35. The molecule has 2 atom stereocenters. The van der Waals surface area contributed by atoms with E-state index in [1.807, 2.05) is 55.5 Å². The van der Waals surface area contributed by atoms with E-state index >= 15 is 0 Å². The van der Waals surface area contributed by atoms with Crippen molar-refractivity contribution in [2.75, 3.05) is 6.61 Å². The van der Waals surface area contributed by atoms with Crippen molar-refractivity contribution in [1.82, 2.24) is 4.72 Å². The number of benzene rings is 3. The molecule has 1 heterocycles. The van der Waals surface area contributed by atoms with Gasteiger partial charge in [-0.05, 0) is 43.0 Å². The Morgan fingerprint density at radius 1 is 0.833 bits per heavy atom. The summed E-state index contributed by atoms with van der Waals surface area (Å²) in [4.78, 5) is 0.293. The fourth-order valence-electron chi connectivity index (χ4n) is 4.08. The first-order chi connectivity index (χ1) is 14.5. The normalized spacial score (nSPS) is 19.7. The molecule has 0 bridgehead atoms. The molecule has 4 rings (SSSR count). The van der Waals surface area contributed by atoms with E-state index in [9.17, 15) is 8.42 Å². The number of sulfonamides is 1. The van der Waals surface area contributed by atoms with Crippen LogP contribution in [0.3, 0.4) is 0 Å². The second-order valence-corrected chi connectivity index (χ2v) is 9.59. The Morgan fingerprint density at radius 2 is 1.40 bits per heavy atom. The first-order valence-corrected chi connectivity index (χ1v) is 11.8. The Kier molecular flexibility index (Phi) is 6.32. The summed E-state index contributed by atoms with van der Waals surface area (Å²) in [6, 6.07) is 27.4. The molecule has 1 N–H and O–H groups in total. The van der Waals surface area contributed by atoms with E-state index in [2.05, 4.69) is 29.0 Å². The molecule has 0 amide bonds. The van der Waals surface area contributed by atoms with Crippen molar-refractivity contribution in [2.24, 2.45) is 0 Å². The summed E-state index contributed by atoms with van der Waals surface area (Å²) in [5.74, 6) is 0.127. The summed E-state index contributed by atoms with van der Waals surface area (Å²) < 4.78 is 34.5. The van der Waals surface area contributed by atoms with Gasteiger partial charge in [0.05, 0.1) is 17.6 Å². The Balaban J connectivity index is 1.46. The number of nitrogens with one attached hydrogen (secondary N) is 1. The molecule has 0 aromatic heterocycles. The van der Waals surface area contributed by atoms with Gasteiger partial charge < -0.3 is 4.74 Å². The quantitative estimate of drug-likeness (QED) is 0.630. The molecular weight excluding hydrogens is 394 g/mol. The zero-order chi connectivity index (χ0) is 21.0. The molecule has 5 heteroatoms. The third-order valence-electron chi connectivity index (χ3n) is 5.65. The van der Waals surface area contributed by atoms with E-state index in [-0.39, 0.29) is 18.1 Å². The van der Waals surface area contributed by atoms with Crippen molar-refractivity contribution >= 4 is 10.0 Å². The molecule has 0 spiro atoms. The van der Waals surface area contributed by atoms with Crippen LogP contribution in [0.4, 0.5) is 0 Å².